The van der Waals surface area contributed by atoms with Crippen LogP contribution in [0.25, 0.3) is 10.9 Å². The zero-order valence-electron chi connectivity index (χ0n) is 15.2. The number of rotatable bonds is 7. The molecule has 0 atom stereocenters. The lowest BCUT2D eigenvalue weighted by Crippen LogP contribution is -2.27. The number of fused-ring (bicyclic) bond motifs is 1. The van der Waals surface area contributed by atoms with E-state index in [1.165, 1.54) is 11.3 Å². The van der Waals surface area contributed by atoms with Crippen LogP contribution in [-0.4, -0.2) is 26.5 Å². The van der Waals surface area contributed by atoms with Crippen LogP contribution in [0.1, 0.15) is 23.7 Å². The summed E-state index contributed by atoms with van der Waals surface area (Å²) in [7, 11) is 0. The maximum absolute atomic E-state index is 4.58. The minimum Gasteiger partial charge on any atom is -0.336 e. The molecule has 0 N–H and O–H groups in total. The predicted octanol–water partition coefficient (Wildman–Crippen LogP) is 4.09. The number of anilines is 1. The Hall–Kier alpha value is -2.86. The van der Waals surface area contributed by atoms with Gasteiger partial charge in [-0.05, 0) is 29.7 Å². The van der Waals surface area contributed by atoms with E-state index in [-0.39, 0.29) is 0 Å². The van der Waals surface area contributed by atoms with Crippen molar-refractivity contribution in [3.8, 4) is 0 Å². The first kappa shape index (κ1) is 17.5. The van der Waals surface area contributed by atoms with Gasteiger partial charge in [0.15, 0.2) is 5.51 Å². The highest BCUT2D eigenvalue weighted by Crippen LogP contribution is 2.17. The van der Waals surface area contributed by atoms with E-state index in [9.17, 15) is 0 Å². The number of aryl methyl sites for hydroxylation is 1. The second-order valence-corrected chi connectivity index (χ2v) is 7.04. The Kier molecular flexibility index (Phi) is 5.34. The predicted molar refractivity (Wildman–Crippen MR) is 109 cm³/mol. The van der Waals surface area contributed by atoms with Crippen molar-refractivity contribution in [3.05, 3.63) is 76.6 Å². The largest absolute Gasteiger partial charge is 0.336 e. The van der Waals surface area contributed by atoms with Crippen LogP contribution in [0.5, 0.6) is 0 Å². The first-order chi connectivity index (χ1) is 13.3. The van der Waals surface area contributed by atoms with E-state index in [1.807, 2.05) is 42.2 Å². The third kappa shape index (κ3) is 4.28. The van der Waals surface area contributed by atoms with Crippen molar-refractivity contribution in [1.82, 2.24) is 19.9 Å². The number of nitrogens with zero attached hydrogens (tertiary/aromatic N) is 5. The summed E-state index contributed by atoms with van der Waals surface area (Å²) in [5, 5.41) is 3.18. The quantitative estimate of drug-likeness (QED) is 0.488. The highest BCUT2D eigenvalue weighted by molar-refractivity contribution is 7.07. The molecule has 0 aliphatic rings. The van der Waals surface area contributed by atoms with Crippen LogP contribution in [0.4, 0.5) is 5.95 Å². The number of benzene rings is 1. The molecule has 1 radical (unpaired) electrons. The third-order valence-corrected chi connectivity index (χ3v) is 5.06. The second kappa shape index (κ2) is 8.22. The SMILES string of the molecule is CCc1cnc(N(CCc2cs[c]n2)Cc2cnc3ccccc3c2)nc1. The lowest BCUT2D eigenvalue weighted by atomic mass is 10.1. The Morgan fingerprint density at radius 1 is 1.04 bits per heavy atom. The van der Waals surface area contributed by atoms with Gasteiger partial charge in [0.25, 0.3) is 0 Å². The van der Waals surface area contributed by atoms with Gasteiger partial charge >= 0.3 is 0 Å². The van der Waals surface area contributed by atoms with Gasteiger partial charge in [-0.15, -0.1) is 11.3 Å². The molecule has 5 nitrogen and oxygen atoms in total. The molecular formula is C21H20N5S. The molecule has 0 saturated heterocycles. The zero-order valence-corrected chi connectivity index (χ0v) is 16.0. The Morgan fingerprint density at radius 2 is 1.85 bits per heavy atom. The van der Waals surface area contributed by atoms with Crippen LogP contribution in [0.15, 0.2) is 54.3 Å². The average molecular weight is 374 g/mol. The molecule has 0 aliphatic carbocycles. The molecule has 135 valence electrons. The fraction of sp³-hybridized carbons (Fsp3) is 0.238. The average Bonchev–Trinajstić information content (AvgIpc) is 3.25. The molecule has 0 saturated carbocycles. The summed E-state index contributed by atoms with van der Waals surface area (Å²) >= 11 is 1.50. The summed E-state index contributed by atoms with van der Waals surface area (Å²) in [5.74, 6) is 0.736. The van der Waals surface area contributed by atoms with Gasteiger partial charge in [-0.1, -0.05) is 25.1 Å². The molecule has 0 unspecified atom stereocenters. The highest BCUT2D eigenvalue weighted by atomic mass is 32.1. The molecule has 1 aromatic carbocycles. The van der Waals surface area contributed by atoms with Gasteiger partial charge < -0.3 is 4.90 Å². The summed E-state index contributed by atoms with van der Waals surface area (Å²) in [6, 6.07) is 10.4. The Morgan fingerprint density at radius 3 is 2.63 bits per heavy atom. The van der Waals surface area contributed by atoms with E-state index in [0.29, 0.717) is 6.54 Å². The van der Waals surface area contributed by atoms with Gasteiger partial charge in [-0.2, -0.15) is 0 Å². The van der Waals surface area contributed by atoms with E-state index >= 15 is 0 Å². The summed E-state index contributed by atoms with van der Waals surface area (Å²) in [6.07, 6.45) is 7.52. The number of hydrogen-bond donors (Lipinski definition) is 0. The van der Waals surface area contributed by atoms with Gasteiger partial charge in [-0.25, -0.2) is 15.0 Å². The monoisotopic (exact) mass is 374 g/mol. The molecule has 0 aliphatic heterocycles. The molecule has 0 fully saturated rings. The van der Waals surface area contributed by atoms with Crippen molar-refractivity contribution >= 4 is 28.2 Å². The minimum absolute atomic E-state index is 0.706. The van der Waals surface area contributed by atoms with Gasteiger partial charge in [0.05, 0.1) is 11.2 Å². The van der Waals surface area contributed by atoms with E-state index in [2.05, 4.69) is 49.4 Å². The van der Waals surface area contributed by atoms with Crippen LogP contribution < -0.4 is 4.90 Å². The van der Waals surface area contributed by atoms with Crippen molar-refractivity contribution in [1.29, 1.82) is 0 Å². The van der Waals surface area contributed by atoms with Crippen molar-refractivity contribution in [2.75, 3.05) is 11.4 Å². The van der Waals surface area contributed by atoms with Gasteiger partial charge in [0.1, 0.15) is 0 Å². The van der Waals surface area contributed by atoms with E-state index in [4.69, 9.17) is 0 Å². The topological polar surface area (TPSA) is 54.8 Å². The van der Waals surface area contributed by atoms with Crippen LogP contribution in [0.3, 0.4) is 0 Å². The van der Waals surface area contributed by atoms with Gasteiger partial charge in [0.2, 0.25) is 5.95 Å². The van der Waals surface area contributed by atoms with Crippen LogP contribution in [-0.2, 0) is 19.4 Å². The number of hydrogen-bond acceptors (Lipinski definition) is 6. The molecule has 27 heavy (non-hydrogen) atoms. The lowest BCUT2D eigenvalue weighted by Gasteiger charge is -2.22. The molecule has 6 heteroatoms. The van der Waals surface area contributed by atoms with Gasteiger partial charge in [-0.3, -0.25) is 4.98 Å². The van der Waals surface area contributed by atoms with Crippen LogP contribution >= 0.6 is 11.3 Å². The Labute approximate surface area is 162 Å². The maximum atomic E-state index is 4.58. The van der Waals surface area contributed by atoms with E-state index in [0.717, 1.165) is 53.1 Å². The van der Waals surface area contributed by atoms with Crippen LogP contribution in [0.2, 0.25) is 0 Å². The Bertz CT molecular complexity index is 999. The summed E-state index contributed by atoms with van der Waals surface area (Å²) in [4.78, 5) is 20.2. The molecule has 0 spiro atoms. The molecular weight excluding hydrogens is 354 g/mol. The fourth-order valence-electron chi connectivity index (χ4n) is 2.94. The molecule has 4 aromatic rings. The standard InChI is InChI=1S/C21H20N5S/c1-2-16-10-23-21(24-11-16)26(8-7-19-14-27-15-25-19)13-17-9-18-5-3-4-6-20(18)22-12-17/h3-6,9-12,14H,2,7-8,13H2,1H3. The molecule has 0 bridgehead atoms. The lowest BCUT2D eigenvalue weighted by molar-refractivity contribution is 0.741. The first-order valence-electron chi connectivity index (χ1n) is 9.02. The number of thiazole rings is 1. The highest BCUT2D eigenvalue weighted by Gasteiger charge is 2.12. The first-order valence-corrected chi connectivity index (χ1v) is 9.90. The van der Waals surface area contributed by atoms with Crippen molar-refractivity contribution in [2.45, 2.75) is 26.3 Å². The summed E-state index contributed by atoms with van der Waals surface area (Å²) < 4.78 is 0. The molecule has 3 aromatic heterocycles. The Balaban J connectivity index is 1.58. The van der Waals surface area contributed by atoms with Crippen LogP contribution in [0, 0.1) is 5.51 Å². The van der Waals surface area contributed by atoms with Gasteiger partial charge in [0, 0.05) is 48.9 Å². The minimum atomic E-state index is 0.706. The normalized spacial score (nSPS) is 11.0. The van der Waals surface area contributed by atoms with Crippen molar-refractivity contribution in [2.24, 2.45) is 0 Å². The summed E-state index contributed by atoms with van der Waals surface area (Å²) in [6.45, 7) is 3.60. The second-order valence-electron chi connectivity index (χ2n) is 6.38. The third-order valence-electron chi connectivity index (χ3n) is 4.48. The molecule has 0 amide bonds. The fourth-order valence-corrected chi connectivity index (χ4v) is 3.47. The van der Waals surface area contributed by atoms with E-state index < -0.39 is 0 Å². The molecule has 3 heterocycles. The number of aromatic nitrogens is 4. The van der Waals surface area contributed by atoms with Crippen molar-refractivity contribution < 1.29 is 0 Å². The smallest absolute Gasteiger partial charge is 0.225 e. The number of para-hydroxylation sites is 1. The van der Waals surface area contributed by atoms with Crippen molar-refractivity contribution in [3.63, 3.8) is 0 Å². The number of pyridine rings is 1. The summed E-state index contributed by atoms with van der Waals surface area (Å²) in [5.41, 5.74) is 7.25. The maximum Gasteiger partial charge on any atom is 0.225 e. The molecule has 4 rings (SSSR count). The zero-order chi connectivity index (χ0) is 18.5. The van der Waals surface area contributed by atoms with E-state index in [1.54, 1.807) is 0 Å².